The van der Waals surface area contributed by atoms with E-state index in [1.807, 2.05) is 36.4 Å². The summed E-state index contributed by atoms with van der Waals surface area (Å²) in [4.78, 5) is 30.4. The highest BCUT2D eigenvalue weighted by atomic mass is 32.2. The van der Waals surface area contributed by atoms with Crippen molar-refractivity contribution >= 4 is 40.6 Å². The number of phenolic OH excluding ortho intramolecular Hbond substituents is 1. The molecule has 0 unspecified atom stereocenters. The first kappa shape index (κ1) is 20.2. The van der Waals surface area contributed by atoms with E-state index in [9.17, 15) is 19.8 Å². The lowest BCUT2D eigenvalue weighted by atomic mass is 10.2. The summed E-state index contributed by atoms with van der Waals surface area (Å²) < 4.78 is 0. The average Bonchev–Trinajstić information content (AvgIpc) is 2.99. The van der Waals surface area contributed by atoms with Crippen LogP contribution in [0.4, 0.5) is 5.69 Å². The van der Waals surface area contributed by atoms with Gasteiger partial charge in [-0.1, -0.05) is 48.6 Å². The topological polar surface area (TPSA) is 90.2 Å². The molecule has 1 fully saturated rings. The third-order valence-electron chi connectivity index (χ3n) is 3.96. The molecule has 0 aromatic heterocycles. The molecule has 6 nitrogen and oxygen atoms in total. The molecule has 0 radical (unpaired) electrons. The maximum atomic E-state index is 12.7. The van der Waals surface area contributed by atoms with E-state index in [2.05, 4.69) is 11.6 Å². The van der Waals surface area contributed by atoms with Gasteiger partial charge in [0.25, 0.3) is 5.91 Å². The van der Waals surface area contributed by atoms with Crippen LogP contribution in [0.3, 0.4) is 0 Å². The van der Waals surface area contributed by atoms with Crippen molar-refractivity contribution in [3.63, 3.8) is 0 Å². The molecule has 146 valence electrons. The van der Waals surface area contributed by atoms with Crippen LogP contribution in [0.1, 0.15) is 15.9 Å². The Morgan fingerprint density at radius 1 is 1.21 bits per heavy atom. The van der Waals surface area contributed by atoms with Crippen LogP contribution >= 0.6 is 11.8 Å². The quantitative estimate of drug-likeness (QED) is 0.547. The fourth-order valence-electron chi connectivity index (χ4n) is 2.60. The lowest BCUT2D eigenvalue weighted by Crippen LogP contribution is -2.29. The molecule has 2 aromatic carbocycles. The SMILES string of the molecule is C=CCN1C(=O)/C(=C/C=C/c2ccccc2)SC1=Nc1ccc(O)cc1C(=O)O. The Hall–Kier alpha value is -3.58. The Balaban J connectivity index is 1.93. The number of carboxylic acid groups (broad SMARTS) is 1. The maximum Gasteiger partial charge on any atom is 0.338 e. The summed E-state index contributed by atoms with van der Waals surface area (Å²) >= 11 is 1.15. The van der Waals surface area contributed by atoms with E-state index >= 15 is 0 Å². The first-order valence-corrected chi connectivity index (χ1v) is 9.50. The van der Waals surface area contributed by atoms with Gasteiger partial charge in [0, 0.05) is 6.54 Å². The summed E-state index contributed by atoms with van der Waals surface area (Å²) in [6.45, 7) is 3.91. The number of phenols is 1. The van der Waals surface area contributed by atoms with Crippen LogP contribution in [-0.4, -0.2) is 38.7 Å². The third kappa shape index (κ3) is 4.83. The number of nitrogens with zero attached hydrogens (tertiary/aromatic N) is 2. The maximum absolute atomic E-state index is 12.7. The molecule has 3 rings (SSSR count). The molecular formula is C22H18N2O4S. The normalized spacial score (nSPS) is 16.8. The molecule has 1 aliphatic heterocycles. The van der Waals surface area contributed by atoms with E-state index in [1.54, 1.807) is 18.2 Å². The van der Waals surface area contributed by atoms with Crippen LogP contribution in [0.15, 0.2) is 83.2 Å². The fourth-order valence-corrected chi connectivity index (χ4v) is 3.55. The summed E-state index contributed by atoms with van der Waals surface area (Å²) in [6.07, 6.45) is 6.95. The summed E-state index contributed by atoms with van der Waals surface area (Å²) in [7, 11) is 0. The highest BCUT2D eigenvalue weighted by molar-refractivity contribution is 8.18. The van der Waals surface area contributed by atoms with E-state index in [-0.39, 0.29) is 29.5 Å². The first-order valence-electron chi connectivity index (χ1n) is 8.68. The van der Waals surface area contributed by atoms with Crippen molar-refractivity contribution < 1.29 is 19.8 Å². The van der Waals surface area contributed by atoms with Crippen molar-refractivity contribution in [2.24, 2.45) is 4.99 Å². The number of amides is 1. The fraction of sp³-hybridized carbons (Fsp3) is 0.0455. The molecule has 0 spiro atoms. The minimum atomic E-state index is -1.22. The predicted octanol–water partition coefficient (Wildman–Crippen LogP) is 4.44. The molecule has 1 amide bonds. The van der Waals surface area contributed by atoms with Crippen LogP contribution in [0.5, 0.6) is 5.75 Å². The Labute approximate surface area is 172 Å². The molecule has 0 saturated carbocycles. The number of aromatic carboxylic acids is 1. The van der Waals surface area contributed by atoms with Gasteiger partial charge in [0.2, 0.25) is 0 Å². The minimum Gasteiger partial charge on any atom is -0.508 e. The van der Waals surface area contributed by atoms with Gasteiger partial charge in [-0.3, -0.25) is 9.69 Å². The second-order valence-electron chi connectivity index (χ2n) is 6.01. The molecule has 2 N–H and O–H groups in total. The highest BCUT2D eigenvalue weighted by Gasteiger charge is 2.32. The predicted molar refractivity (Wildman–Crippen MR) is 115 cm³/mol. The summed E-state index contributed by atoms with van der Waals surface area (Å²) in [5, 5.41) is 19.3. The molecule has 7 heteroatoms. The van der Waals surface area contributed by atoms with E-state index in [0.717, 1.165) is 23.4 Å². The third-order valence-corrected chi connectivity index (χ3v) is 4.99. The second-order valence-corrected chi connectivity index (χ2v) is 7.02. The second kappa shape index (κ2) is 9.07. The van der Waals surface area contributed by atoms with E-state index in [0.29, 0.717) is 10.1 Å². The summed E-state index contributed by atoms with van der Waals surface area (Å²) in [5.74, 6) is -1.62. The van der Waals surface area contributed by atoms with Gasteiger partial charge in [-0.15, -0.1) is 6.58 Å². The number of carbonyl (C=O) groups excluding carboxylic acids is 1. The Bertz CT molecular complexity index is 1040. The number of allylic oxidation sites excluding steroid dienone is 2. The van der Waals surface area contributed by atoms with Crippen molar-refractivity contribution in [1.82, 2.24) is 4.90 Å². The van der Waals surface area contributed by atoms with Gasteiger partial charge in [-0.25, -0.2) is 9.79 Å². The van der Waals surface area contributed by atoms with Crippen molar-refractivity contribution in [2.75, 3.05) is 6.54 Å². The smallest absolute Gasteiger partial charge is 0.338 e. The number of aliphatic imine (C=N–C) groups is 1. The van der Waals surface area contributed by atoms with E-state index < -0.39 is 5.97 Å². The number of thioether (sulfide) groups is 1. The van der Waals surface area contributed by atoms with Crippen LogP contribution < -0.4 is 0 Å². The van der Waals surface area contributed by atoms with E-state index in [4.69, 9.17) is 0 Å². The minimum absolute atomic E-state index is 0.148. The lowest BCUT2D eigenvalue weighted by Gasteiger charge is -2.13. The van der Waals surface area contributed by atoms with Gasteiger partial charge < -0.3 is 10.2 Å². The molecule has 0 atom stereocenters. The highest BCUT2D eigenvalue weighted by Crippen LogP contribution is 2.34. The van der Waals surface area contributed by atoms with Gasteiger partial charge in [0.1, 0.15) is 5.75 Å². The van der Waals surface area contributed by atoms with Crippen molar-refractivity contribution in [2.45, 2.75) is 0 Å². The van der Waals surface area contributed by atoms with E-state index in [1.165, 1.54) is 17.0 Å². The molecule has 0 aliphatic carbocycles. The zero-order valence-electron chi connectivity index (χ0n) is 15.4. The number of aromatic hydroxyl groups is 1. The van der Waals surface area contributed by atoms with Gasteiger partial charge in [0.15, 0.2) is 5.17 Å². The van der Waals surface area contributed by atoms with Crippen molar-refractivity contribution in [1.29, 1.82) is 0 Å². The molecule has 2 aromatic rings. The molecule has 1 aliphatic rings. The van der Waals surface area contributed by atoms with Crippen LogP contribution in [0, 0.1) is 0 Å². The molecule has 1 heterocycles. The van der Waals surface area contributed by atoms with Crippen LogP contribution in [0.25, 0.3) is 6.08 Å². The standard InChI is InChI=1S/C22H18N2O4S/c1-2-13-24-20(26)19(10-6-9-15-7-4-3-5-8-15)29-22(24)23-18-12-11-16(25)14-17(18)21(27)28/h2-12,14,25H,1,13H2,(H,27,28)/b9-6+,19-10-,23-22?. The molecule has 0 bridgehead atoms. The Kier molecular flexibility index (Phi) is 6.31. The van der Waals surface area contributed by atoms with Crippen LogP contribution in [0.2, 0.25) is 0 Å². The summed E-state index contributed by atoms with van der Waals surface area (Å²) in [6, 6.07) is 13.6. The molecule has 1 saturated heterocycles. The zero-order valence-corrected chi connectivity index (χ0v) is 16.2. The first-order chi connectivity index (χ1) is 14.0. The van der Waals surface area contributed by atoms with Gasteiger partial charge >= 0.3 is 5.97 Å². The van der Waals surface area contributed by atoms with Crippen molar-refractivity contribution in [3.05, 3.63) is 89.4 Å². The average molecular weight is 406 g/mol. The van der Waals surface area contributed by atoms with Gasteiger partial charge in [-0.05, 0) is 41.6 Å². The van der Waals surface area contributed by atoms with Crippen molar-refractivity contribution in [3.8, 4) is 5.75 Å². The van der Waals surface area contributed by atoms with Gasteiger partial charge in [0.05, 0.1) is 16.2 Å². The number of carbonyl (C=O) groups is 2. The molecular weight excluding hydrogens is 388 g/mol. The number of carboxylic acids is 1. The monoisotopic (exact) mass is 406 g/mol. The number of rotatable bonds is 6. The van der Waals surface area contributed by atoms with Crippen LogP contribution in [-0.2, 0) is 4.79 Å². The number of amidine groups is 1. The van der Waals surface area contributed by atoms with Gasteiger partial charge in [-0.2, -0.15) is 0 Å². The number of hydrogen-bond acceptors (Lipinski definition) is 5. The molecule has 29 heavy (non-hydrogen) atoms. The zero-order chi connectivity index (χ0) is 20.8. The Morgan fingerprint density at radius 3 is 2.66 bits per heavy atom. The summed E-state index contributed by atoms with van der Waals surface area (Å²) in [5.41, 5.74) is 1.01. The number of benzene rings is 2. The largest absolute Gasteiger partial charge is 0.508 e. The number of hydrogen-bond donors (Lipinski definition) is 2. The Morgan fingerprint density at radius 2 is 1.97 bits per heavy atom. The lowest BCUT2D eigenvalue weighted by molar-refractivity contribution is -0.121.